The van der Waals surface area contributed by atoms with Gasteiger partial charge in [0.05, 0.1) is 0 Å². The Bertz CT molecular complexity index is 295. The molecule has 0 aromatic carbocycles. The molecule has 3 rings (SSSR count). The summed E-state index contributed by atoms with van der Waals surface area (Å²) in [6, 6.07) is 0.598. The zero-order valence-corrected chi connectivity index (χ0v) is 13.4. The summed E-state index contributed by atoms with van der Waals surface area (Å²) in [6.07, 6.45) is 11.0. The van der Waals surface area contributed by atoms with E-state index in [4.69, 9.17) is 5.73 Å². The average Bonchev–Trinajstić information content (AvgIpc) is 2.77. The molecular weight excluding hydrogens is 337 g/mol. The summed E-state index contributed by atoms with van der Waals surface area (Å²) in [6.45, 7) is 0.965. The number of halogens is 1. The number of rotatable bonds is 4. The van der Waals surface area contributed by atoms with E-state index < -0.39 is 0 Å². The van der Waals surface area contributed by atoms with Crippen LogP contribution in [-0.4, -0.2) is 18.5 Å². The number of aliphatic imine (C=N–C) groups is 1. The molecule has 0 heterocycles. The Morgan fingerprint density at radius 2 is 1.83 bits per heavy atom. The van der Waals surface area contributed by atoms with E-state index in [1.54, 1.807) is 0 Å². The van der Waals surface area contributed by atoms with Crippen molar-refractivity contribution in [1.82, 2.24) is 5.32 Å². The minimum Gasteiger partial charge on any atom is -0.370 e. The molecule has 0 aromatic heterocycles. The summed E-state index contributed by atoms with van der Waals surface area (Å²) in [5.41, 5.74) is 5.94. The third kappa shape index (κ3) is 3.52. The summed E-state index contributed by atoms with van der Waals surface area (Å²) in [7, 11) is 0. The maximum atomic E-state index is 5.94. The lowest BCUT2D eigenvalue weighted by atomic mass is 9.81. The molecule has 3 N–H and O–H groups in total. The van der Waals surface area contributed by atoms with Gasteiger partial charge in [0.25, 0.3) is 0 Å². The van der Waals surface area contributed by atoms with E-state index in [-0.39, 0.29) is 24.0 Å². The smallest absolute Gasteiger partial charge is 0.188 e. The Morgan fingerprint density at radius 1 is 1.11 bits per heavy atom. The predicted molar refractivity (Wildman–Crippen MR) is 86.2 cm³/mol. The fourth-order valence-electron chi connectivity index (χ4n) is 3.47. The fraction of sp³-hybridized carbons (Fsp3) is 0.929. The average molecular weight is 363 g/mol. The van der Waals surface area contributed by atoms with Gasteiger partial charge in [0.2, 0.25) is 0 Å². The van der Waals surface area contributed by atoms with E-state index in [2.05, 4.69) is 10.3 Å². The highest BCUT2D eigenvalue weighted by Gasteiger charge is 2.44. The van der Waals surface area contributed by atoms with Crippen molar-refractivity contribution >= 4 is 29.9 Å². The summed E-state index contributed by atoms with van der Waals surface area (Å²) >= 11 is 0. The number of nitrogens with two attached hydrogens (primary N) is 1. The second-order valence-electron chi connectivity index (χ2n) is 6.20. The molecular formula is C14H26IN3. The summed E-state index contributed by atoms with van der Waals surface area (Å²) < 4.78 is 0. The molecule has 4 heteroatoms. The standard InChI is InChI=1S/C14H25N3.HI/c15-14(17-12-6-1-2-7-12)16-9-11-8-13(11)10-4-3-5-10;/h10-13H,1-9H2,(H3,15,16,17);1H/t11-,13-;/m0./s1. The Kier molecular flexibility index (Phi) is 5.15. The molecule has 0 amide bonds. The van der Waals surface area contributed by atoms with Gasteiger partial charge in [0.15, 0.2) is 5.96 Å². The van der Waals surface area contributed by atoms with Crippen LogP contribution in [0, 0.1) is 17.8 Å². The largest absolute Gasteiger partial charge is 0.370 e. The van der Waals surface area contributed by atoms with E-state index in [0.717, 1.165) is 24.3 Å². The molecule has 3 aliphatic carbocycles. The van der Waals surface area contributed by atoms with Crippen LogP contribution in [-0.2, 0) is 0 Å². The lowest BCUT2D eigenvalue weighted by Gasteiger charge is -2.25. The van der Waals surface area contributed by atoms with Gasteiger partial charge in [-0.3, -0.25) is 4.99 Å². The molecule has 18 heavy (non-hydrogen) atoms. The first-order chi connectivity index (χ1) is 8.33. The lowest BCUT2D eigenvalue weighted by Crippen LogP contribution is -2.38. The monoisotopic (exact) mass is 363 g/mol. The third-order valence-corrected chi connectivity index (χ3v) is 4.94. The first-order valence-corrected chi connectivity index (χ1v) is 7.39. The fourth-order valence-corrected chi connectivity index (χ4v) is 3.47. The second kappa shape index (κ2) is 6.44. The van der Waals surface area contributed by atoms with Crippen LogP contribution in [0.25, 0.3) is 0 Å². The van der Waals surface area contributed by atoms with Crippen molar-refractivity contribution in [2.24, 2.45) is 28.5 Å². The molecule has 0 spiro atoms. The Hall–Kier alpha value is 0. The van der Waals surface area contributed by atoms with Crippen LogP contribution in [0.3, 0.4) is 0 Å². The van der Waals surface area contributed by atoms with Crippen molar-refractivity contribution in [3.05, 3.63) is 0 Å². The van der Waals surface area contributed by atoms with E-state index >= 15 is 0 Å². The van der Waals surface area contributed by atoms with Gasteiger partial charge >= 0.3 is 0 Å². The van der Waals surface area contributed by atoms with Crippen LogP contribution < -0.4 is 11.1 Å². The molecule has 3 nitrogen and oxygen atoms in total. The summed E-state index contributed by atoms with van der Waals surface area (Å²) in [5.74, 6) is 3.58. The minimum absolute atomic E-state index is 0. The van der Waals surface area contributed by atoms with Crippen molar-refractivity contribution in [2.45, 2.75) is 57.4 Å². The number of nitrogens with zero attached hydrogens (tertiary/aromatic N) is 1. The number of guanidine groups is 1. The van der Waals surface area contributed by atoms with Crippen LogP contribution in [0.2, 0.25) is 0 Å². The highest BCUT2D eigenvalue weighted by molar-refractivity contribution is 14.0. The van der Waals surface area contributed by atoms with E-state index in [1.807, 2.05) is 0 Å². The lowest BCUT2D eigenvalue weighted by molar-refractivity contribution is 0.266. The van der Waals surface area contributed by atoms with Crippen LogP contribution >= 0.6 is 24.0 Å². The zero-order chi connectivity index (χ0) is 11.7. The van der Waals surface area contributed by atoms with Crippen molar-refractivity contribution in [1.29, 1.82) is 0 Å². The van der Waals surface area contributed by atoms with E-state index in [9.17, 15) is 0 Å². The summed E-state index contributed by atoms with van der Waals surface area (Å²) in [5, 5.41) is 3.36. The Morgan fingerprint density at radius 3 is 2.44 bits per heavy atom. The SMILES string of the molecule is I.NC(=NC[C@@H]1C[C@H]1C1CCC1)NC1CCCC1. The van der Waals surface area contributed by atoms with Crippen molar-refractivity contribution in [3.8, 4) is 0 Å². The van der Waals surface area contributed by atoms with Crippen molar-refractivity contribution in [2.75, 3.05) is 6.54 Å². The van der Waals surface area contributed by atoms with Crippen LogP contribution in [0.15, 0.2) is 4.99 Å². The van der Waals surface area contributed by atoms with Gasteiger partial charge in [0, 0.05) is 12.6 Å². The minimum atomic E-state index is 0. The van der Waals surface area contributed by atoms with Gasteiger partial charge in [-0.05, 0) is 37.0 Å². The predicted octanol–water partition coefficient (Wildman–Crippen LogP) is 2.89. The second-order valence-corrected chi connectivity index (χ2v) is 6.20. The maximum Gasteiger partial charge on any atom is 0.188 e. The van der Waals surface area contributed by atoms with E-state index in [0.29, 0.717) is 12.0 Å². The van der Waals surface area contributed by atoms with Gasteiger partial charge < -0.3 is 11.1 Å². The van der Waals surface area contributed by atoms with Gasteiger partial charge in [-0.2, -0.15) is 0 Å². The Labute approximate surface area is 127 Å². The normalized spacial score (nSPS) is 32.8. The molecule has 3 saturated carbocycles. The molecule has 0 unspecified atom stereocenters. The van der Waals surface area contributed by atoms with E-state index in [1.165, 1.54) is 51.4 Å². The third-order valence-electron chi connectivity index (χ3n) is 4.94. The summed E-state index contributed by atoms with van der Waals surface area (Å²) in [4.78, 5) is 4.52. The first kappa shape index (κ1) is 14.4. The topological polar surface area (TPSA) is 50.4 Å². The van der Waals surface area contributed by atoms with Gasteiger partial charge in [0.1, 0.15) is 0 Å². The van der Waals surface area contributed by atoms with Gasteiger partial charge in [-0.1, -0.05) is 32.1 Å². The molecule has 0 bridgehead atoms. The maximum absolute atomic E-state index is 5.94. The van der Waals surface area contributed by atoms with Crippen LogP contribution in [0.1, 0.15) is 51.4 Å². The molecule has 3 aliphatic rings. The highest BCUT2D eigenvalue weighted by atomic mass is 127. The molecule has 0 aliphatic heterocycles. The van der Waals surface area contributed by atoms with Crippen LogP contribution in [0.4, 0.5) is 0 Å². The number of hydrogen-bond acceptors (Lipinski definition) is 1. The highest BCUT2D eigenvalue weighted by Crippen LogP contribution is 2.51. The molecule has 0 aromatic rings. The molecule has 3 fully saturated rings. The van der Waals surface area contributed by atoms with Gasteiger partial charge in [-0.15, -0.1) is 24.0 Å². The first-order valence-electron chi connectivity index (χ1n) is 7.39. The van der Waals surface area contributed by atoms with Gasteiger partial charge in [-0.25, -0.2) is 0 Å². The van der Waals surface area contributed by atoms with Crippen molar-refractivity contribution < 1.29 is 0 Å². The van der Waals surface area contributed by atoms with Crippen LogP contribution in [0.5, 0.6) is 0 Å². The molecule has 0 saturated heterocycles. The Balaban J connectivity index is 0.00000120. The molecule has 0 radical (unpaired) electrons. The van der Waals surface area contributed by atoms with Crippen molar-refractivity contribution in [3.63, 3.8) is 0 Å². The zero-order valence-electron chi connectivity index (χ0n) is 11.1. The quantitative estimate of drug-likeness (QED) is 0.459. The molecule has 104 valence electrons. The number of hydrogen-bond donors (Lipinski definition) is 2. The molecule has 2 atom stereocenters. The number of nitrogens with one attached hydrogen (secondary N) is 1.